The van der Waals surface area contributed by atoms with Crippen LogP contribution in [0.25, 0.3) is 0 Å². The Bertz CT molecular complexity index is 606. The third-order valence-electron chi connectivity index (χ3n) is 2.15. The molecule has 0 saturated heterocycles. The summed E-state index contributed by atoms with van der Waals surface area (Å²) in [7, 11) is 0. The molecule has 0 unspecified atom stereocenters. The molecule has 6 heteroatoms. The molecule has 1 amide bonds. The lowest BCUT2D eigenvalue weighted by atomic mass is 10.2. The van der Waals surface area contributed by atoms with Gasteiger partial charge in [0, 0.05) is 19.8 Å². The number of hydrogen-bond donors (Lipinski definition) is 1. The van der Waals surface area contributed by atoms with Crippen molar-refractivity contribution in [1.82, 2.24) is 4.98 Å². The molecule has 1 aromatic carbocycles. The molecule has 18 heavy (non-hydrogen) atoms. The molecule has 0 saturated carbocycles. The minimum absolute atomic E-state index is 0.237. The first-order valence-corrected chi connectivity index (χ1v) is 7.19. The van der Waals surface area contributed by atoms with E-state index in [1.807, 2.05) is 0 Å². The summed E-state index contributed by atoms with van der Waals surface area (Å²) < 4.78 is 1.76. The maximum atomic E-state index is 12.0. The zero-order valence-corrected chi connectivity index (χ0v) is 13.5. The molecule has 0 radical (unpaired) electrons. The highest BCUT2D eigenvalue weighted by Crippen LogP contribution is 2.20. The fraction of sp³-hybridized carbons (Fsp3) is 0. The number of aromatic nitrogens is 1. The van der Waals surface area contributed by atoms with Crippen LogP contribution in [0.4, 0.5) is 5.82 Å². The first kappa shape index (κ1) is 13.8. The van der Waals surface area contributed by atoms with Crippen molar-refractivity contribution in [3.8, 4) is 0 Å². The van der Waals surface area contributed by atoms with Crippen LogP contribution in [0, 0.1) is 3.57 Å². The Labute approximate surface area is 131 Å². The number of hydrogen-bond acceptors (Lipinski definition) is 2. The average Bonchev–Trinajstić information content (AvgIpc) is 2.32. The predicted molar refractivity (Wildman–Crippen MR) is 84.1 cm³/mol. The highest BCUT2D eigenvalue weighted by molar-refractivity contribution is 14.1. The van der Waals surface area contributed by atoms with E-state index in [0.29, 0.717) is 16.4 Å². The summed E-state index contributed by atoms with van der Waals surface area (Å²) in [5.74, 6) is 0.253. The van der Waals surface area contributed by atoms with Crippen LogP contribution in [0.5, 0.6) is 0 Å². The zero-order chi connectivity index (χ0) is 13.1. The van der Waals surface area contributed by atoms with Crippen LogP contribution in [0.15, 0.2) is 41.0 Å². The molecule has 0 atom stereocenters. The molecule has 2 aromatic rings. The molecular weight excluding hydrogens is 430 g/mol. The van der Waals surface area contributed by atoms with Crippen molar-refractivity contribution in [3.63, 3.8) is 0 Å². The Balaban J connectivity index is 2.19. The number of benzene rings is 1. The molecule has 0 aliphatic carbocycles. The van der Waals surface area contributed by atoms with Crippen LogP contribution >= 0.6 is 50.1 Å². The summed E-state index contributed by atoms with van der Waals surface area (Å²) in [6.07, 6.45) is 1.61. The summed E-state index contributed by atoms with van der Waals surface area (Å²) in [5, 5.41) is 3.27. The average molecular weight is 437 g/mol. The maximum absolute atomic E-state index is 12.0. The minimum Gasteiger partial charge on any atom is -0.307 e. The molecule has 0 fully saturated rings. The van der Waals surface area contributed by atoms with Crippen molar-refractivity contribution >= 4 is 61.8 Å². The Morgan fingerprint density at radius 1 is 1.33 bits per heavy atom. The van der Waals surface area contributed by atoms with Gasteiger partial charge in [0.25, 0.3) is 5.91 Å². The van der Waals surface area contributed by atoms with E-state index in [-0.39, 0.29) is 5.91 Å². The summed E-state index contributed by atoms with van der Waals surface area (Å²) in [4.78, 5) is 16.0. The highest BCUT2D eigenvalue weighted by Gasteiger charge is 2.08. The summed E-state index contributed by atoms with van der Waals surface area (Å²) in [5.41, 5.74) is 0.502. The second kappa shape index (κ2) is 5.99. The molecule has 1 N–H and O–H groups in total. The molecule has 0 aliphatic heterocycles. The van der Waals surface area contributed by atoms with Crippen molar-refractivity contribution in [1.29, 1.82) is 0 Å². The van der Waals surface area contributed by atoms with Gasteiger partial charge < -0.3 is 5.32 Å². The van der Waals surface area contributed by atoms with Crippen LogP contribution < -0.4 is 5.32 Å². The standard InChI is InChI=1S/C12H7BrClIN2O/c13-8-3-4-16-11(6-8)17-12(18)7-1-2-10(15)9(14)5-7/h1-6H,(H,16,17,18). The second-order valence-electron chi connectivity index (χ2n) is 3.44. The van der Waals surface area contributed by atoms with E-state index in [0.717, 1.165) is 8.04 Å². The van der Waals surface area contributed by atoms with E-state index in [2.05, 4.69) is 48.8 Å². The van der Waals surface area contributed by atoms with Gasteiger partial charge in [-0.1, -0.05) is 27.5 Å². The molecule has 0 spiro atoms. The van der Waals surface area contributed by atoms with Gasteiger partial charge in [0.05, 0.1) is 5.02 Å². The second-order valence-corrected chi connectivity index (χ2v) is 5.93. The number of carbonyl (C=O) groups is 1. The SMILES string of the molecule is O=C(Nc1cc(Br)ccn1)c1ccc(I)c(Cl)c1. The van der Waals surface area contributed by atoms with Crippen LogP contribution in [0.2, 0.25) is 5.02 Å². The predicted octanol–water partition coefficient (Wildman–Crippen LogP) is 4.35. The largest absolute Gasteiger partial charge is 0.307 e. The number of rotatable bonds is 2. The van der Waals surface area contributed by atoms with Gasteiger partial charge in [-0.2, -0.15) is 0 Å². The van der Waals surface area contributed by atoms with Gasteiger partial charge >= 0.3 is 0 Å². The van der Waals surface area contributed by atoms with Crippen molar-refractivity contribution in [2.75, 3.05) is 5.32 Å². The number of halogens is 3. The first-order valence-electron chi connectivity index (χ1n) is 4.94. The van der Waals surface area contributed by atoms with Crippen LogP contribution in [0.3, 0.4) is 0 Å². The van der Waals surface area contributed by atoms with Gasteiger partial charge in [-0.25, -0.2) is 4.98 Å². The normalized spacial score (nSPS) is 10.2. The van der Waals surface area contributed by atoms with E-state index >= 15 is 0 Å². The Morgan fingerprint density at radius 2 is 2.11 bits per heavy atom. The van der Waals surface area contributed by atoms with Gasteiger partial charge in [-0.05, 0) is 52.9 Å². The van der Waals surface area contributed by atoms with E-state index in [9.17, 15) is 4.79 Å². The number of anilines is 1. The molecule has 0 aliphatic rings. The maximum Gasteiger partial charge on any atom is 0.256 e. The molecule has 3 nitrogen and oxygen atoms in total. The molecule has 92 valence electrons. The van der Waals surface area contributed by atoms with Gasteiger partial charge in [-0.3, -0.25) is 4.79 Å². The smallest absolute Gasteiger partial charge is 0.256 e. The van der Waals surface area contributed by atoms with Crippen LogP contribution in [-0.2, 0) is 0 Å². The molecule has 0 bridgehead atoms. The number of pyridine rings is 1. The highest BCUT2D eigenvalue weighted by atomic mass is 127. The van der Waals surface area contributed by atoms with E-state index in [4.69, 9.17) is 11.6 Å². The van der Waals surface area contributed by atoms with Crippen molar-refractivity contribution in [2.24, 2.45) is 0 Å². The van der Waals surface area contributed by atoms with Gasteiger partial charge in [-0.15, -0.1) is 0 Å². The fourth-order valence-electron chi connectivity index (χ4n) is 1.30. The lowest BCUT2D eigenvalue weighted by Crippen LogP contribution is -2.12. The molecule has 1 aromatic heterocycles. The fourth-order valence-corrected chi connectivity index (χ4v) is 2.15. The number of carbonyl (C=O) groups excluding carboxylic acids is 1. The monoisotopic (exact) mass is 436 g/mol. The number of amides is 1. The number of nitrogens with one attached hydrogen (secondary N) is 1. The zero-order valence-electron chi connectivity index (χ0n) is 8.95. The lowest BCUT2D eigenvalue weighted by Gasteiger charge is -2.05. The van der Waals surface area contributed by atoms with E-state index in [1.165, 1.54) is 0 Å². The molecule has 2 rings (SSSR count). The van der Waals surface area contributed by atoms with Crippen molar-refractivity contribution in [2.45, 2.75) is 0 Å². The van der Waals surface area contributed by atoms with Gasteiger partial charge in [0.15, 0.2) is 0 Å². The summed E-state index contributed by atoms with van der Waals surface area (Å²) in [6.45, 7) is 0. The van der Waals surface area contributed by atoms with E-state index in [1.54, 1.807) is 36.5 Å². The number of nitrogens with zero attached hydrogens (tertiary/aromatic N) is 1. The molecule has 1 heterocycles. The Morgan fingerprint density at radius 3 is 2.78 bits per heavy atom. The van der Waals surface area contributed by atoms with Crippen molar-refractivity contribution < 1.29 is 4.79 Å². The summed E-state index contributed by atoms with van der Waals surface area (Å²) in [6, 6.07) is 8.67. The molecular formula is C12H7BrClIN2O. The van der Waals surface area contributed by atoms with Crippen LogP contribution in [-0.4, -0.2) is 10.9 Å². The van der Waals surface area contributed by atoms with Crippen LogP contribution in [0.1, 0.15) is 10.4 Å². The third-order valence-corrected chi connectivity index (χ3v) is 4.21. The van der Waals surface area contributed by atoms with Gasteiger partial charge in [0.2, 0.25) is 0 Å². The summed E-state index contributed by atoms with van der Waals surface area (Å²) >= 11 is 11.4. The lowest BCUT2D eigenvalue weighted by molar-refractivity contribution is 0.102. The Kier molecular flexibility index (Phi) is 4.58. The first-order chi connectivity index (χ1) is 8.56. The third kappa shape index (κ3) is 3.43. The van der Waals surface area contributed by atoms with Gasteiger partial charge in [0.1, 0.15) is 5.82 Å². The minimum atomic E-state index is -0.237. The quantitative estimate of drug-likeness (QED) is 0.710. The van der Waals surface area contributed by atoms with E-state index < -0.39 is 0 Å². The Hall–Kier alpha value is -0.660. The van der Waals surface area contributed by atoms with Crippen molar-refractivity contribution in [3.05, 3.63) is 55.2 Å². The topological polar surface area (TPSA) is 42.0 Å².